The van der Waals surface area contributed by atoms with Gasteiger partial charge in [-0.25, -0.2) is 0 Å². The summed E-state index contributed by atoms with van der Waals surface area (Å²) in [7, 11) is 0. The summed E-state index contributed by atoms with van der Waals surface area (Å²) in [4.78, 5) is 26.0. The maximum absolute atomic E-state index is 12.9. The number of hydrogen-bond donors (Lipinski definition) is 2. The number of aliphatic hydroxyl groups excluding tert-OH is 1. The van der Waals surface area contributed by atoms with Crippen LogP contribution in [0.5, 0.6) is 0 Å². The summed E-state index contributed by atoms with van der Waals surface area (Å²) in [5.41, 5.74) is 1.73. The molecule has 0 bridgehead atoms. The zero-order valence-electron chi connectivity index (χ0n) is 17.2. The van der Waals surface area contributed by atoms with Gasteiger partial charge in [0.05, 0.1) is 11.4 Å². The molecule has 160 valence electrons. The van der Waals surface area contributed by atoms with Crippen LogP contribution in [-0.4, -0.2) is 46.7 Å². The van der Waals surface area contributed by atoms with Crippen LogP contribution in [0.15, 0.2) is 59.5 Å². The summed E-state index contributed by atoms with van der Waals surface area (Å²) in [6, 6.07) is 17.1. The quantitative estimate of drug-likeness (QED) is 0.718. The molecule has 0 unspecified atom stereocenters. The van der Waals surface area contributed by atoms with Gasteiger partial charge in [0, 0.05) is 24.0 Å². The fraction of sp³-hybridized carbons (Fsp3) is 0.360. The number of ether oxygens (including phenoxy) is 1. The van der Waals surface area contributed by atoms with Crippen LogP contribution in [0.1, 0.15) is 40.7 Å². The van der Waals surface area contributed by atoms with E-state index in [0.29, 0.717) is 34.6 Å². The molecule has 2 aromatic carbocycles. The Bertz CT molecular complexity index is 1040. The van der Waals surface area contributed by atoms with Gasteiger partial charge in [-0.1, -0.05) is 54.6 Å². The number of benzene rings is 2. The van der Waals surface area contributed by atoms with Crippen molar-refractivity contribution in [3.8, 4) is 0 Å². The van der Waals surface area contributed by atoms with E-state index in [2.05, 4.69) is 5.32 Å². The third-order valence-electron chi connectivity index (χ3n) is 6.44. The highest BCUT2D eigenvalue weighted by Gasteiger charge is 2.51. The average Bonchev–Trinajstić information content (AvgIpc) is 2.80. The fourth-order valence-electron chi connectivity index (χ4n) is 4.81. The molecular weight excluding hydrogens is 410 g/mol. The second-order valence-electron chi connectivity index (χ2n) is 8.46. The van der Waals surface area contributed by atoms with E-state index in [1.807, 2.05) is 42.5 Å². The van der Waals surface area contributed by atoms with E-state index in [1.165, 1.54) is 11.8 Å². The van der Waals surface area contributed by atoms with Gasteiger partial charge in [0.25, 0.3) is 0 Å². The molecule has 1 aliphatic carbocycles. The van der Waals surface area contributed by atoms with Crippen molar-refractivity contribution in [1.82, 2.24) is 5.32 Å². The zero-order chi connectivity index (χ0) is 21.4. The molecule has 2 atom stereocenters. The number of hydrogen-bond acceptors (Lipinski definition) is 6. The van der Waals surface area contributed by atoms with Crippen molar-refractivity contribution in [2.24, 2.45) is 0 Å². The number of rotatable bonds is 4. The Labute approximate surface area is 185 Å². The molecule has 1 spiro atoms. The molecule has 0 amide bonds. The number of ketones is 2. The van der Waals surface area contributed by atoms with Gasteiger partial charge in [-0.3, -0.25) is 9.59 Å². The molecule has 2 aliphatic heterocycles. The van der Waals surface area contributed by atoms with Gasteiger partial charge in [-0.05, 0) is 31.5 Å². The molecule has 5 rings (SSSR count). The van der Waals surface area contributed by atoms with Crippen LogP contribution in [0.2, 0.25) is 0 Å². The summed E-state index contributed by atoms with van der Waals surface area (Å²) in [6.07, 6.45) is 2.08. The largest absolute Gasteiger partial charge is 0.484 e. The summed E-state index contributed by atoms with van der Waals surface area (Å²) in [5.74, 6) is -0.429. The van der Waals surface area contributed by atoms with Gasteiger partial charge in [0.1, 0.15) is 16.3 Å². The molecule has 31 heavy (non-hydrogen) atoms. The van der Waals surface area contributed by atoms with Crippen LogP contribution >= 0.6 is 11.8 Å². The highest BCUT2D eigenvalue weighted by molar-refractivity contribution is 8.05. The van der Waals surface area contributed by atoms with E-state index in [9.17, 15) is 14.7 Å². The maximum atomic E-state index is 12.9. The minimum absolute atomic E-state index is 0.103. The van der Waals surface area contributed by atoms with Gasteiger partial charge in [-0.2, -0.15) is 0 Å². The van der Waals surface area contributed by atoms with Crippen molar-refractivity contribution < 1.29 is 19.4 Å². The first-order chi connectivity index (χ1) is 15.1. The van der Waals surface area contributed by atoms with Crippen molar-refractivity contribution >= 4 is 29.1 Å². The Morgan fingerprint density at radius 1 is 1.00 bits per heavy atom. The number of piperidine rings is 1. The molecule has 1 saturated heterocycles. The SMILES string of the molecule is O=C1C(=O)c2ccccc2C2=C1S[C@H](C[C@@H](O)Cc1ccccc1)C1(CCNCC1)O2. The van der Waals surface area contributed by atoms with E-state index in [-0.39, 0.29) is 5.25 Å². The number of nitrogens with one attached hydrogen (secondary N) is 1. The topological polar surface area (TPSA) is 75.6 Å². The van der Waals surface area contributed by atoms with Crippen molar-refractivity contribution in [2.75, 3.05) is 13.1 Å². The molecule has 2 aromatic rings. The number of Topliss-reactive ketones (excluding diaryl/α,β-unsaturated/α-hetero) is 2. The Morgan fingerprint density at radius 3 is 2.42 bits per heavy atom. The molecule has 0 aromatic heterocycles. The van der Waals surface area contributed by atoms with Gasteiger partial charge in [-0.15, -0.1) is 11.8 Å². The molecule has 0 saturated carbocycles. The Balaban J connectivity index is 1.48. The van der Waals surface area contributed by atoms with E-state index >= 15 is 0 Å². The lowest BCUT2D eigenvalue weighted by atomic mass is 9.84. The lowest BCUT2D eigenvalue weighted by Crippen LogP contribution is -2.54. The molecule has 3 aliphatic rings. The predicted octanol–water partition coefficient (Wildman–Crippen LogP) is 3.37. The first-order valence-corrected chi connectivity index (χ1v) is 11.7. The fourth-order valence-corrected chi connectivity index (χ4v) is 6.37. The second-order valence-corrected chi connectivity index (χ2v) is 9.68. The summed E-state index contributed by atoms with van der Waals surface area (Å²) >= 11 is 1.43. The maximum Gasteiger partial charge on any atom is 0.243 e. The molecular formula is C25H25NO4S. The van der Waals surface area contributed by atoms with Crippen molar-refractivity contribution in [3.05, 3.63) is 76.2 Å². The molecule has 6 heteroatoms. The first-order valence-electron chi connectivity index (χ1n) is 10.8. The second kappa shape index (κ2) is 8.26. The number of aliphatic hydroxyl groups is 1. The highest BCUT2D eigenvalue weighted by atomic mass is 32.2. The van der Waals surface area contributed by atoms with E-state index < -0.39 is 23.3 Å². The molecule has 5 nitrogen and oxygen atoms in total. The lowest BCUT2D eigenvalue weighted by molar-refractivity contribution is -0.111. The smallest absolute Gasteiger partial charge is 0.243 e. The summed E-state index contributed by atoms with van der Waals surface area (Å²) in [6.45, 7) is 1.64. The van der Waals surface area contributed by atoms with Gasteiger partial charge >= 0.3 is 0 Å². The Hall–Kier alpha value is -2.41. The van der Waals surface area contributed by atoms with Crippen LogP contribution in [-0.2, 0) is 16.0 Å². The molecule has 2 N–H and O–H groups in total. The number of allylic oxidation sites excluding steroid dienone is 1. The molecule has 2 heterocycles. The lowest BCUT2D eigenvalue weighted by Gasteiger charge is -2.48. The van der Waals surface area contributed by atoms with Gasteiger partial charge < -0.3 is 15.2 Å². The number of carbonyl (C=O) groups is 2. The third-order valence-corrected chi connectivity index (χ3v) is 7.95. The third kappa shape index (κ3) is 3.73. The zero-order valence-corrected chi connectivity index (χ0v) is 18.0. The van der Waals surface area contributed by atoms with Crippen LogP contribution in [0.3, 0.4) is 0 Å². The highest BCUT2D eigenvalue weighted by Crippen LogP contribution is 2.51. The van der Waals surface area contributed by atoms with Crippen LogP contribution in [0.4, 0.5) is 0 Å². The van der Waals surface area contributed by atoms with Crippen LogP contribution in [0, 0.1) is 0 Å². The monoisotopic (exact) mass is 435 g/mol. The van der Waals surface area contributed by atoms with Crippen LogP contribution in [0.25, 0.3) is 5.76 Å². The molecule has 1 fully saturated rings. The van der Waals surface area contributed by atoms with Crippen molar-refractivity contribution in [3.63, 3.8) is 0 Å². The van der Waals surface area contributed by atoms with E-state index in [1.54, 1.807) is 12.1 Å². The summed E-state index contributed by atoms with van der Waals surface area (Å²) < 4.78 is 6.66. The van der Waals surface area contributed by atoms with Gasteiger partial charge in [0.15, 0.2) is 0 Å². The predicted molar refractivity (Wildman–Crippen MR) is 121 cm³/mol. The molecule has 0 radical (unpaired) electrons. The van der Waals surface area contributed by atoms with Gasteiger partial charge in [0.2, 0.25) is 11.6 Å². The van der Waals surface area contributed by atoms with E-state index in [4.69, 9.17) is 4.74 Å². The summed E-state index contributed by atoms with van der Waals surface area (Å²) in [5, 5.41) is 14.2. The minimum Gasteiger partial charge on any atom is -0.484 e. The number of thioether (sulfide) groups is 1. The Morgan fingerprint density at radius 2 is 1.68 bits per heavy atom. The van der Waals surface area contributed by atoms with E-state index in [0.717, 1.165) is 31.5 Å². The number of fused-ring (bicyclic) bond motifs is 2. The van der Waals surface area contributed by atoms with Crippen molar-refractivity contribution in [2.45, 2.75) is 42.6 Å². The standard InChI is InChI=1S/C25H25NO4S/c27-17(14-16-6-2-1-3-7-16)15-20-25(10-12-26-13-11-25)30-23-19-9-5-4-8-18(19)21(28)22(29)24(23)31-20/h1-9,17,20,26-27H,10-15H2/t17-,20+/m0/s1. The van der Waals surface area contributed by atoms with Crippen molar-refractivity contribution in [1.29, 1.82) is 0 Å². The minimum atomic E-state index is -0.556. The number of carbonyl (C=O) groups excluding carboxylic acids is 2. The average molecular weight is 436 g/mol. The Kier molecular flexibility index (Phi) is 5.46. The van der Waals surface area contributed by atoms with Crippen LogP contribution < -0.4 is 5.32 Å². The first kappa shape index (κ1) is 20.5. The normalized spacial score (nSPS) is 23.2.